The van der Waals surface area contributed by atoms with Crippen molar-refractivity contribution in [3.63, 3.8) is 0 Å². The molecule has 2 aromatic heterocycles. The number of hydrogen-bond donors (Lipinski definition) is 4. The van der Waals surface area contributed by atoms with Gasteiger partial charge in [0.1, 0.15) is 11.5 Å². The van der Waals surface area contributed by atoms with Crippen LogP contribution in [0.25, 0.3) is 0 Å². The molecule has 0 aliphatic rings. The molecule has 1 aromatic carbocycles. The van der Waals surface area contributed by atoms with Gasteiger partial charge in [0.05, 0.1) is 12.1 Å². The Morgan fingerprint density at radius 1 is 0.971 bits per heavy atom. The normalized spacial score (nSPS) is 11.2. The van der Waals surface area contributed by atoms with Crippen LogP contribution in [0.2, 0.25) is 0 Å². The predicted molar refractivity (Wildman–Crippen MR) is 119 cm³/mol. The zero-order valence-electron chi connectivity index (χ0n) is 18.1. The van der Waals surface area contributed by atoms with Crippen LogP contribution in [0.5, 0.6) is 0 Å². The molecule has 12 heteroatoms. The molecule has 0 spiro atoms. The van der Waals surface area contributed by atoms with Crippen LogP contribution in [0.4, 0.5) is 19.0 Å². The molecule has 9 nitrogen and oxygen atoms in total. The van der Waals surface area contributed by atoms with E-state index >= 15 is 0 Å². The summed E-state index contributed by atoms with van der Waals surface area (Å²) in [7, 11) is 0. The first-order valence-corrected chi connectivity index (χ1v) is 10.0. The van der Waals surface area contributed by atoms with Gasteiger partial charge in [-0.1, -0.05) is 41.6 Å². The van der Waals surface area contributed by atoms with Gasteiger partial charge in [-0.2, -0.15) is 13.2 Å². The van der Waals surface area contributed by atoms with Crippen molar-refractivity contribution in [1.82, 2.24) is 9.97 Å². The third-order valence-corrected chi connectivity index (χ3v) is 4.35. The number of rotatable bonds is 8. The molecule has 0 saturated heterocycles. The molecule has 4 N–H and O–H groups in total. The van der Waals surface area contributed by atoms with E-state index in [1.54, 1.807) is 24.4 Å². The second-order valence-electron chi connectivity index (χ2n) is 6.92. The largest absolute Gasteiger partial charge is 0.490 e. The summed E-state index contributed by atoms with van der Waals surface area (Å²) < 4.78 is 31.7. The Kier molecular flexibility index (Phi) is 9.70. The quantitative estimate of drug-likeness (QED) is 0.211. The van der Waals surface area contributed by atoms with Gasteiger partial charge in [0.2, 0.25) is 0 Å². The summed E-state index contributed by atoms with van der Waals surface area (Å²) in [4.78, 5) is 28.3. The van der Waals surface area contributed by atoms with Crippen LogP contribution in [0.15, 0.2) is 72.0 Å². The van der Waals surface area contributed by atoms with Crippen molar-refractivity contribution in [2.45, 2.75) is 25.6 Å². The fraction of sp³-hybridized carbons (Fsp3) is 0.174. The minimum atomic E-state index is -5.08. The van der Waals surface area contributed by atoms with E-state index in [4.69, 9.17) is 15.0 Å². The van der Waals surface area contributed by atoms with Crippen molar-refractivity contribution < 1.29 is 38.2 Å². The molecule has 35 heavy (non-hydrogen) atoms. The van der Waals surface area contributed by atoms with Crippen LogP contribution in [0.3, 0.4) is 0 Å². The van der Waals surface area contributed by atoms with Crippen molar-refractivity contribution in [3.05, 3.63) is 89.4 Å². The number of halogens is 3. The summed E-state index contributed by atoms with van der Waals surface area (Å²) in [5.74, 6) is -2.84. The molecule has 3 rings (SSSR count). The maximum Gasteiger partial charge on any atom is 0.490 e. The highest BCUT2D eigenvalue weighted by Crippen LogP contribution is 2.14. The fourth-order valence-electron chi connectivity index (χ4n) is 2.68. The molecule has 184 valence electrons. The van der Waals surface area contributed by atoms with Gasteiger partial charge in [-0.25, -0.2) is 9.78 Å². The summed E-state index contributed by atoms with van der Waals surface area (Å²) >= 11 is 0. The molecular weight excluding hydrogens is 469 g/mol. The van der Waals surface area contributed by atoms with Crippen LogP contribution in [-0.2, 0) is 22.6 Å². The molecule has 3 aromatic rings. The highest BCUT2D eigenvalue weighted by molar-refractivity contribution is 6.11. The maximum atomic E-state index is 10.7. The maximum absolute atomic E-state index is 10.7. The molecule has 0 atom stereocenters. The van der Waals surface area contributed by atoms with Gasteiger partial charge in [0.15, 0.2) is 0 Å². The van der Waals surface area contributed by atoms with Gasteiger partial charge in [0, 0.05) is 30.4 Å². The number of hydrogen-bond acceptors (Lipinski definition) is 7. The van der Waals surface area contributed by atoms with E-state index in [1.165, 1.54) is 0 Å². The lowest BCUT2D eigenvalue weighted by molar-refractivity contribution is -0.192. The first-order chi connectivity index (χ1) is 16.6. The number of carboxylic acids is 2. The van der Waals surface area contributed by atoms with Crippen LogP contribution in [-0.4, -0.2) is 49.2 Å². The summed E-state index contributed by atoms with van der Waals surface area (Å²) in [6.07, 6.45) is -3.03. The van der Waals surface area contributed by atoms with E-state index in [0.717, 1.165) is 11.4 Å². The number of aryl methyl sites for hydroxylation is 1. The van der Waals surface area contributed by atoms with Gasteiger partial charge >= 0.3 is 18.1 Å². The minimum Gasteiger partial charge on any atom is -0.481 e. The average molecular weight is 490 g/mol. The molecule has 0 unspecified atom stereocenters. The monoisotopic (exact) mass is 490 g/mol. The topological polar surface area (TPSA) is 145 Å². The van der Waals surface area contributed by atoms with Crippen molar-refractivity contribution in [3.8, 4) is 0 Å². The number of nitrogens with one attached hydrogen (secondary N) is 1. The van der Waals surface area contributed by atoms with Crippen molar-refractivity contribution in [1.29, 1.82) is 0 Å². The Balaban J connectivity index is 0.000000540. The highest BCUT2D eigenvalue weighted by atomic mass is 19.4. The van der Waals surface area contributed by atoms with E-state index in [-0.39, 0.29) is 6.42 Å². The number of alkyl halides is 3. The lowest BCUT2D eigenvalue weighted by Gasteiger charge is -2.09. The van der Waals surface area contributed by atoms with Crippen LogP contribution >= 0.6 is 0 Å². The van der Waals surface area contributed by atoms with Crippen molar-refractivity contribution >= 4 is 23.5 Å². The van der Waals surface area contributed by atoms with Gasteiger partial charge in [-0.15, -0.1) is 0 Å². The number of benzene rings is 1. The third kappa shape index (κ3) is 9.12. The first-order valence-electron chi connectivity index (χ1n) is 10.0. The fourth-order valence-corrected chi connectivity index (χ4v) is 2.68. The number of carboxylic acid groups (broad SMARTS) is 2. The standard InChI is InChI=1S/C21H20N4O3.C2HF3O2/c26-20(27)12-11-17-4-3-5-18(24-17)21(25-28)16-9-7-15(8-10-16)14-23-19-6-1-2-13-22-19;3-2(4,5)1(6)7/h1-10,13,28H,11-12,14H2,(H,22,23)(H,26,27);(H,6,7)/b25-21+;. The zero-order valence-corrected chi connectivity index (χ0v) is 18.1. The van der Waals surface area contributed by atoms with Gasteiger partial charge in [-0.3, -0.25) is 9.78 Å². The number of nitrogens with zero attached hydrogens (tertiary/aromatic N) is 3. The van der Waals surface area contributed by atoms with Gasteiger partial charge < -0.3 is 20.7 Å². The average Bonchev–Trinajstić information content (AvgIpc) is 2.83. The van der Waals surface area contributed by atoms with E-state index in [0.29, 0.717) is 35.6 Å². The molecule has 0 aliphatic heterocycles. The Morgan fingerprint density at radius 2 is 1.66 bits per heavy atom. The Bertz CT molecular complexity index is 1150. The Hall–Kier alpha value is -4.48. The summed E-state index contributed by atoms with van der Waals surface area (Å²) in [6, 6.07) is 18.5. The summed E-state index contributed by atoms with van der Waals surface area (Å²) in [5.41, 5.74) is 3.23. The zero-order chi connectivity index (χ0) is 25.8. The highest BCUT2D eigenvalue weighted by Gasteiger charge is 2.38. The van der Waals surface area contributed by atoms with E-state index < -0.39 is 18.1 Å². The van der Waals surface area contributed by atoms with E-state index in [9.17, 15) is 23.2 Å². The van der Waals surface area contributed by atoms with Crippen LogP contribution < -0.4 is 5.32 Å². The van der Waals surface area contributed by atoms with Crippen molar-refractivity contribution in [2.75, 3.05) is 5.32 Å². The molecule has 2 heterocycles. The summed E-state index contributed by atoms with van der Waals surface area (Å²) in [5, 5.41) is 32.1. The Labute approximate surface area is 197 Å². The second kappa shape index (κ2) is 12.7. The van der Waals surface area contributed by atoms with Gasteiger partial charge in [0.25, 0.3) is 0 Å². The van der Waals surface area contributed by atoms with Crippen molar-refractivity contribution in [2.24, 2.45) is 5.16 Å². The lowest BCUT2D eigenvalue weighted by Crippen LogP contribution is -2.21. The number of anilines is 1. The second-order valence-corrected chi connectivity index (χ2v) is 6.92. The molecule has 0 bridgehead atoms. The Morgan fingerprint density at radius 3 is 2.20 bits per heavy atom. The first kappa shape index (κ1) is 26.8. The molecular formula is C23H21F3N4O5. The number of aliphatic carboxylic acids is 2. The smallest absolute Gasteiger partial charge is 0.481 e. The molecule has 0 amide bonds. The number of aromatic nitrogens is 2. The van der Waals surface area contributed by atoms with E-state index in [1.807, 2.05) is 42.5 Å². The third-order valence-electron chi connectivity index (χ3n) is 4.35. The van der Waals surface area contributed by atoms with Gasteiger partial charge in [-0.05, 0) is 29.8 Å². The molecule has 0 aliphatic carbocycles. The number of oxime groups is 1. The predicted octanol–water partition coefficient (Wildman–Crippen LogP) is 3.97. The molecule has 0 fully saturated rings. The SMILES string of the molecule is O=C(O)C(F)(F)F.O=C(O)CCc1cccc(/C(=N/O)c2ccc(CNc3ccccn3)cc2)n1. The molecule has 0 radical (unpaired) electrons. The lowest BCUT2D eigenvalue weighted by atomic mass is 10.0. The number of pyridine rings is 2. The summed E-state index contributed by atoms with van der Waals surface area (Å²) in [6.45, 7) is 0.617. The molecule has 0 saturated carbocycles. The van der Waals surface area contributed by atoms with Crippen LogP contribution in [0.1, 0.15) is 28.9 Å². The van der Waals surface area contributed by atoms with Crippen LogP contribution in [0, 0.1) is 0 Å². The van der Waals surface area contributed by atoms with E-state index in [2.05, 4.69) is 20.4 Å². The number of carbonyl (C=O) groups is 2. The minimum absolute atomic E-state index is 0.0000228.